The molecule has 11 heavy (non-hydrogen) atoms. The van der Waals surface area contributed by atoms with Gasteiger partial charge in [0.2, 0.25) is 0 Å². The van der Waals surface area contributed by atoms with E-state index < -0.39 is 5.13 Å². The van der Waals surface area contributed by atoms with E-state index >= 15 is 0 Å². The van der Waals surface area contributed by atoms with Gasteiger partial charge in [0.25, 0.3) is 0 Å². The fourth-order valence-electron chi connectivity index (χ4n) is 0.623. The average Bonchev–Trinajstić information content (AvgIpc) is 2.36. The van der Waals surface area contributed by atoms with Gasteiger partial charge in [0.15, 0.2) is 10.9 Å². The molecule has 0 aliphatic heterocycles. The molecule has 0 unspecified atom stereocenters. The minimum Gasteiger partial charge on any atom is -0.292 e. The normalized spacial score (nSPS) is 9.09. The Morgan fingerprint density at radius 1 is 1.73 bits per heavy atom. The van der Waals surface area contributed by atoms with E-state index in [2.05, 4.69) is 0 Å². The van der Waals surface area contributed by atoms with Crippen molar-refractivity contribution in [3.05, 3.63) is 22.1 Å². The fraction of sp³-hybridized carbons (Fsp3) is 0.143. The third kappa shape index (κ3) is 1.85. The molecular weight excluding hydrogens is 165 g/mol. The minimum atomic E-state index is -0.397. The number of carbonyl (C=O) groups excluding carboxylic acids is 1. The van der Waals surface area contributed by atoms with E-state index in [0.29, 0.717) is 4.88 Å². The van der Waals surface area contributed by atoms with Gasteiger partial charge < -0.3 is 0 Å². The van der Waals surface area contributed by atoms with E-state index in [1.165, 1.54) is 12.1 Å². The van der Waals surface area contributed by atoms with E-state index in [1.54, 1.807) is 6.07 Å². The largest absolute Gasteiger partial charge is 0.292 e. The molecule has 0 fully saturated rings. The zero-order valence-corrected chi connectivity index (χ0v) is 6.32. The lowest BCUT2D eigenvalue weighted by atomic mass is 10.2. The summed E-state index contributed by atoms with van der Waals surface area (Å²) in [7, 11) is 0. The van der Waals surface area contributed by atoms with Crippen molar-refractivity contribution in [1.29, 1.82) is 5.26 Å². The van der Waals surface area contributed by atoms with Crippen LogP contribution < -0.4 is 0 Å². The number of hydrogen-bond donors (Lipinski definition) is 0. The van der Waals surface area contributed by atoms with Gasteiger partial charge in [-0.3, -0.25) is 4.79 Å². The topological polar surface area (TPSA) is 40.9 Å². The monoisotopic (exact) mass is 169 g/mol. The number of thiophene rings is 1. The van der Waals surface area contributed by atoms with Gasteiger partial charge in [-0.15, -0.1) is 11.3 Å². The lowest BCUT2D eigenvalue weighted by Gasteiger charge is -1.85. The molecule has 0 aromatic carbocycles. The van der Waals surface area contributed by atoms with Crippen LogP contribution in [0.3, 0.4) is 0 Å². The number of carbonyl (C=O) groups is 1. The third-order valence-corrected chi connectivity index (χ3v) is 2.00. The lowest BCUT2D eigenvalue weighted by molar-refractivity contribution is 0.100. The fourth-order valence-corrected chi connectivity index (χ4v) is 1.29. The summed E-state index contributed by atoms with van der Waals surface area (Å²) in [5.41, 5.74) is 0. The molecule has 1 rings (SSSR count). The van der Waals surface area contributed by atoms with Crippen LogP contribution in [0.2, 0.25) is 0 Å². The van der Waals surface area contributed by atoms with Crippen LogP contribution in [0.5, 0.6) is 0 Å². The Hall–Kier alpha value is -1.21. The summed E-state index contributed by atoms with van der Waals surface area (Å²) < 4.78 is 12.3. The van der Waals surface area contributed by atoms with Crippen LogP contribution in [0.15, 0.2) is 12.1 Å². The number of ketones is 1. The minimum absolute atomic E-state index is 0.181. The van der Waals surface area contributed by atoms with Crippen LogP contribution in [0.4, 0.5) is 4.39 Å². The van der Waals surface area contributed by atoms with Crippen LogP contribution in [0.1, 0.15) is 16.1 Å². The second kappa shape index (κ2) is 3.26. The number of halogens is 1. The molecule has 0 atom stereocenters. The SMILES string of the molecule is N#CCC(=O)c1ccc(F)s1. The van der Waals surface area contributed by atoms with Gasteiger partial charge in [0.1, 0.15) is 0 Å². The maximum Gasteiger partial charge on any atom is 0.186 e. The van der Waals surface area contributed by atoms with Crippen LogP contribution in [-0.2, 0) is 0 Å². The summed E-state index contributed by atoms with van der Waals surface area (Å²) in [4.78, 5) is 11.2. The molecule has 0 saturated carbocycles. The molecule has 0 amide bonds. The summed E-state index contributed by atoms with van der Waals surface area (Å²) in [5.74, 6) is -0.318. The van der Waals surface area contributed by atoms with Crippen LogP contribution in [0, 0.1) is 16.5 Å². The predicted octanol–water partition coefficient (Wildman–Crippen LogP) is 1.98. The van der Waals surface area contributed by atoms with E-state index in [-0.39, 0.29) is 12.2 Å². The maximum absolute atomic E-state index is 12.3. The van der Waals surface area contributed by atoms with Crippen molar-refractivity contribution in [3.8, 4) is 6.07 Å². The summed E-state index contributed by atoms with van der Waals surface area (Å²) in [6.07, 6.45) is -0.181. The Kier molecular flexibility index (Phi) is 2.34. The standard InChI is InChI=1S/C7H4FNOS/c8-7-2-1-6(11-7)5(10)3-4-9/h1-2H,3H2. The Labute approximate surface area is 66.9 Å². The van der Waals surface area contributed by atoms with E-state index in [0.717, 1.165) is 11.3 Å². The lowest BCUT2D eigenvalue weighted by Crippen LogP contribution is -1.91. The Morgan fingerprint density at radius 2 is 2.45 bits per heavy atom. The van der Waals surface area contributed by atoms with Crippen LogP contribution in [-0.4, -0.2) is 5.78 Å². The van der Waals surface area contributed by atoms with Crippen molar-refractivity contribution in [2.75, 3.05) is 0 Å². The summed E-state index contributed by atoms with van der Waals surface area (Å²) in [6, 6.07) is 4.32. The molecule has 1 aromatic rings. The first-order chi connectivity index (χ1) is 5.24. The summed E-state index contributed by atoms with van der Waals surface area (Å²) in [6.45, 7) is 0. The van der Waals surface area contributed by atoms with Gasteiger partial charge in [-0.2, -0.15) is 9.65 Å². The Bertz CT molecular complexity index is 312. The number of nitrogens with zero attached hydrogens (tertiary/aromatic N) is 1. The Morgan fingerprint density at radius 3 is 2.91 bits per heavy atom. The number of nitriles is 1. The van der Waals surface area contributed by atoms with Gasteiger partial charge in [0, 0.05) is 0 Å². The molecular formula is C7H4FNOS. The van der Waals surface area contributed by atoms with Crippen LogP contribution in [0.25, 0.3) is 0 Å². The second-order valence-corrected chi connectivity index (χ2v) is 2.90. The van der Waals surface area contributed by atoms with Crippen molar-refractivity contribution < 1.29 is 9.18 Å². The highest BCUT2D eigenvalue weighted by atomic mass is 32.1. The molecule has 0 aliphatic carbocycles. The summed E-state index contributed by atoms with van der Waals surface area (Å²) in [5, 5.41) is 7.75. The van der Waals surface area contributed by atoms with Crippen molar-refractivity contribution in [2.45, 2.75) is 6.42 Å². The molecule has 1 heterocycles. The molecule has 56 valence electrons. The molecule has 4 heteroatoms. The molecule has 0 N–H and O–H groups in total. The zero-order chi connectivity index (χ0) is 8.27. The third-order valence-electron chi connectivity index (χ3n) is 1.09. The van der Waals surface area contributed by atoms with Crippen molar-refractivity contribution in [3.63, 3.8) is 0 Å². The first kappa shape index (κ1) is 7.89. The second-order valence-electron chi connectivity index (χ2n) is 1.86. The van der Waals surface area contributed by atoms with E-state index in [9.17, 15) is 9.18 Å². The molecule has 0 radical (unpaired) electrons. The highest BCUT2D eigenvalue weighted by Gasteiger charge is 2.07. The average molecular weight is 169 g/mol. The van der Waals surface area contributed by atoms with Gasteiger partial charge in [0.05, 0.1) is 17.4 Å². The number of rotatable bonds is 2. The molecule has 0 spiro atoms. The molecule has 1 aromatic heterocycles. The molecule has 0 saturated heterocycles. The first-order valence-electron chi connectivity index (χ1n) is 2.89. The molecule has 0 aliphatic rings. The van der Waals surface area contributed by atoms with Crippen molar-refractivity contribution >= 4 is 17.1 Å². The first-order valence-corrected chi connectivity index (χ1v) is 3.71. The van der Waals surface area contributed by atoms with Gasteiger partial charge in [-0.25, -0.2) is 0 Å². The number of hydrogen-bond acceptors (Lipinski definition) is 3. The molecule has 0 bridgehead atoms. The summed E-state index contributed by atoms with van der Waals surface area (Å²) >= 11 is 0.768. The highest BCUT2D eigenvalue weighted by Crippen LogP contribution is 2.15. The zero-order valence-electron chi connectivity index (χ0n) is 5.50. The highest BCUT2D eigenvalue weighted by molar-refractivity contribution is 7.12. The molecule has 2 nitrogen and oxygen atoms in total. The van der Waals surface area contributed by atoms with Crippen LogP contribution >= 0.6 is 11.3 Å². The van der Waals surface area contributed by atoms with Gasteiger partial charge in [-0.1, -0.05) is 0 Å². The Balaban J connectivity index is 2.78. The number of Topliss-reactive ketones (excluding diaryl/α,β-unsaturated/α-hetero) is 1. The van der Waals surface area contributed by atoms with Gasteiger partial charge in [-0.05, 0) is 12.1 Å². The maximum atomic E-state index is 12.3. The van der Waals surface area contributed by atoms with E-state index in [1.807, 2.05) is 0 Å². The van der Waals surface area contributed by atoms with E-state index in [4.69, 9.17) is 5.26 Å². The van der Waals surface area contributed by atoms with Crippen molar-refractivity contribution in [1.82, 2.24) is 0 Å². The quantitative estimate of drug-likeness (QED) is 0.635. The van der Waals surface area contributed by atoms with Crippen molar-refractivity contribution in [2.24, 2.45) is 0 Å². The van der Waals surface area contributed by atoms with Gasteiger partial charge >= 0.3 is 0 Å². The predicted molar refractivity (Wildman–Crippen MR) is 38.8 cm³/mol. The smallest absolute Gasteiger partial charge is 0.186 e.